The third-order valence-electron chi connectivity index (χ3n) is 4.71. The molecule has 0 amide bonds. The third kappa shape index (κ3) is 19.5. The predicted molar refractivity (Wildman–Crippen MR) is 103 cm³/mol. The summed E-state index contributed by atoms with van der Waals surface area (Å²) < 4.78 is 4.64. The normalized spacial score (nSPS) is 10.8. The van der Waals surface area contributed by atoms with Gasteiger partial charge in [0.1, 0.15) is 0 Å². The van der Waals surface area contributed by atoms with Crippen molar-refractivity contribution in [1.29, 1.82) is 0 Å². The molecule has 136 valence electrons. The first-order chi connectivity index (χ1) is 11.3. The maximum Gasteiger partial charge on any atom is 0.325 e. The minimum Gasteiger partial charge on any atom is -0.543 e. The zero-order valence-electron chi connectivity index (χ0n) is 16.0. The van der Waals surface area contributed by atoms with Crippen LogP contribution in [0.3, 0.4) is 0 Å². The molecular weight excluding hydrogens is 283 g/mol. The zero-order valence-corrected chi connectivity index (χ0v) is 16.0. The van der Waals surface area contributed by atoms with Gasteiger partial charge < -0.3 is 4.65 Å². The molecule has 0 aliphatic carbocycles. The van der Waals surface area contributed by atoms with Crippen LogP contribution >= 0.6 is 0 Å². The molecule has 0 saturated carbocycles. The highest BCUT2D eigenvalue weighted by Crippen LogP contribution is 2.14. The Hall–Kier alpha value is -0.465. The van der Waals surface area contributed by atoms with E-state index in [1.54, 1.807) is 0 Å². The Morgan fingerprint density at radius 2 is 0.913 bits per heavy atom. The van der Waals surface area contributed by atoms with E-state index in [9.17, 15) is 4.79 Å². The van der Waals surface area contributed by atoms with Gasteiger partial charge in [-0.05, 0) is 6.42 Å². The highest BCUT2D eigenvalue weighted by atomic mass is 16.5. The van der Waals surface area contributed by atoms with Crippen molar-refractivity contribution in [2.75, 3.05) is 0 Å². The Kier molecular flexibility index (Phi) is 19.2. The fraction of sp³-hybridized carbons (Fsp3) is 0.950. The van der Waals surface area contributed by atoms with E-state index in [-0.39, 0.29) is 5.97 Å². The van der Waals surface area contributed by atoms with E-state index in [0.29, 0.717) is 6.42 Å². The van der Waals surface area contributed by atoms with Gasteiger partial charge in [-0.2, -0.15) is 0 Å². The van der Waals surface area contributed by atoms with Crippen molar-refractivity contribution in [3.05, 3.63) is 0 Å². The van der Waals surface area contributed by atoms with E-state index in [0.717, 1.165) is 6.42 Å². The molecule has 0 N–H and O–H groups in total. The SMILES string of the molecule is BOC(=O)CCCCCCCCCCCCCCCCCCC. The van der Waals surface area contributed by atoms with Gasteiger partial charge in [-0.15, -0.1) is 0 Å². The molecule has 0 aromatic rings. The molecule has 0 aliphatic heterocycles. The summed E-state index contributed by atoms with van der Waals surface area (Å²) in [5.41, 5.74) is 0. The van der Waals surface area contributed by atoms with Crippen molar-refractivity contribution >= 4 is 14.0 Å². The summed E-state index contributed by atoms with van der Waals surface area (Å²) in [6, 6.07) is 0. The Morgan fingerprint density at radius 1 is 0.609 bits per heavy atom. The largest absolute Gasteiger partial charge is 0.543 e. The maximum absolute atomic E-state index is 10.9. The molecule has 0 rings (SSSR count). The number of rotatable bonds is 18. The lowest BCUT2D eigenvalue weighted by molar-refractivity contribution is -0.134. The smallest absolute Gasteiger partial charge is 0.325 e. The summed E-state index contributed by atoms with van der Waals surface area (Å²) in [6.07, 6.45) is 23.9. The van der Waals surface area contributed by atoms with E-state index in [4.69, 9.17) is 0 Å². The van der Waals surface area contributed by atoms with Gasteiger partial charge in [-0.3, -0.25) is 4.79 Å². The molecule has 0 atom stereocenters. The lowest BCUT2D eigenvalue weighted by atomic mass is 10.0. The summed E-state index contributed by atoms with van der Waals surface area (Å²) >= 11 is 0. The van der Waals surface area contributed by atoms with Crippen LogP contribution in [0.5, 0.6) is 0 Å². The lowest BCUT2D eigenvalue weighted by Gasteiger charge is -2.03. The number of hydrogen-bond donors (Lipinski definition) is 0. The fourth-order valence-electron chi connectivity index (χ4n) is 3.10. The van der Waals surface area contributed by atoms with Crippen LogP contribution in [0.15, 0.2) is 0 Å². The van der Waals surface area contributed by atoms with Crippen molar-refractivity contribution in [2.45, 2.75) is 122 Å². The molecule has 0 aliphatic rings. The molecular formula is C20H41BO2. The van der Waals surface area contributed by atoms with Gasteiger partial charge in [0.05, 0.1) is 0 Å². The van der Waals surface area contributed by atoms with E-state index in [1.165, 1.54) is 111 Å². The summed E-state index contributed by atoms with van der Waals surface area (Å²) in [7, 11) is 1.47. The van der Waals surface area contributed by atoms with Gasteiger partial charge in [0.25, 0.3) is 5.97 Å². The number of unbranched alkanes of at least 4 members (excludes halogenated alkanes) is 16. The van der Waals surface area contributed by atoms with Crippen LogP contribution in [0.2, 0.25) is 0 Å². The molecule has 2 nitrogen and oxygen atoms in total. The maximum atomic E-state index is 10.9. The van der Waals surface area contributed by atoms with Gasteiger partial charge in [-0.25, -0.2) is 0 Å². The van der Waals surface area contributed by atoms with E-state index in [2.05, 4.69) is 11.6 Å². The first-order valence-electron chi connectivity index (χ1n) is 10.4. The highest BCUT2D eigenvalue weighted by Gasteiger charge is 1.98. The number of hydrogen-bond acceptors (Lipinski definition) is 2. The molecule has 0 radical (unpaired) electrons. The number of carbonyl (C=O) groups is 1. The van der Waals surface area contributed by atoms with Crippen molar-refractivity contribution in [2.24, 2.45) is 0 Å². The van der Waals surface area contributed by atoms with Crippen LogP contribution in [0, 0.1) is 0 Å². The second kappa shape index (κ2) is 19.6. The fourth-order valence-corrected chi connectivity index (χ4v) is 3.10. The Morgan fingerprint density at radius 3 is 1.22 bits per heavy atom. The molecule has 3 heteroatoms. The Labute approximate surface area is 146 Å². The molecule has 0 aromatic carbocycles. The summed E-state index contributed by atoms with van der Waals surface area (Å²) in [6.45, 7) is 2.28. The average Bonchev–Trinajstić information content (AvgIpc) is 2.57. The van der Waals surface area contributed by atoms with Crippen LogP contribution in [0.25, 0.3) is 0 Å². The minimum atomic E-state index is -0.0639. The molecule has 0 fully saturated rings. The van der Waals surface area contributed by atoms with E-state index < -0.39 is 0 Å². The van der Waals surface area contributed by atoms with Gasteiger partial charge in [0.2, 0.25) is 0 Å². The second-order valence-electron chi connectivity index (χ2n) is 6.98. The molecule has 0 bridgehead atoms. The third-order valence-corrected chi connectivity index (χ3v) is 4.71. The van der Waals surface area contributed by atoms with Gasteiger partial charge in [0, 0.05) is 6.42 Å². The summed E-state index contributed by atoms with van der Waals surface area (Å²) in [4.78, 5) is 10.9. The first kappa shape index (κ1) is 22.5. The van der Waals surface area contributed by atoms with Crippen molar-refractivity contribution in [3.8, 4) is 0 Å². The van der Waals surface area contributed by atoms with Gasteiger partial charge >= 0.3 is 8.05 Å². The van der Waals surface area contributed by atoms with Crippen LogP contribution < -0.4 is 0 Å². The van der Waals surface area contributed by atoms with Crippen molar-refractivity contribution in [1.82, 2.24) is 0 Å². The van der Waals surface area contributed by atoms with Crippen LogP contribution in [0.1, 0.15) is 122 Å². The van der Waals surface area contributed by atoms with Crippen LogP contribution in [-0.2, 0) is 9.45 Å². The lowest BCUT2D eigenvalue weighted by Crippen LogP contribution is -2.00. The minimum absolute atomic E-state index is 0.0639. The Bertz CT molecular complexity index is 244. The first-order valence-corrected chi connectivity index (χ1v) is 10.4. The highest BCUT2D eigenvalue weighted by molar-refractivity contribution is 6.05. The molecule has 0 aromatic heterocycles. The average molecular weight is 324 g/mol. The Balaban J connectivity index is 2.99. The van der Waals surface area contributed by atoms with Crippen LogP contribution in [-0.4, -0.2) is 14.0 Å². The second-order valence-corrected chi connectivity index (χ2v) is 6.98. The topological polar surface area (TPSA) is 26.3 Å². The van der Waals surface area contributed by atoms with E-state index >= 15 is 0 Å². The van der Waals surface area contributed by atoms with Crippen molar-refractivity contribution in [3.63, 3.8) is 0 Å². The molecule has 0 saturated heterocycles. The molecule has 0 spiro atoms. The molecule has 23 heavy (non-hydrogen) atoms. The summed E-state index contributed by atoms with van der Waals surface area (Å²) in [5, 5.41) is 0. The van der Waals surface area contributed by atoms with Gasteiger partial charge in [-0.1, -0.05) is 110 Å². The predicted octanol–water partition coefficient (Wildman–Crippen LogP) is 6.12. The zero-order chi connectivity index (χ0) is 17.0. The monoisotopic (exact) mass is 324 g/mol. The van der Waals surface area contributed by atoms with Gasteiger partial charge in [0.15, 0.2) is 0 Å². The summed E-state index contributed by atoms with van der Waals surface area (Å²) in [5.74, 6) is -0.0639. The van der Waals surface area contributed by atoms with E-state index in [1.807, 2.05) is 0 Å². The quantitative estimate of drug-likeness (QED) is 0.224. The number of carbonyl (C=O) groups excluding carboxylic acids is 1. The molecule has 0 unspecified atom stereocenters. The van der Waals surface area contributed by atoms with Crippen molar-refractivity contribution < 1.29 is 9.45 Å². The standard InChI is InChI=1S/C20H41BO2/c1-2-3-4-5-6-7-8-9-10-11-12-13-14-15-16-17-18-19-20(22)23-21/h2-19,21H2,1H3. The molecule has 0 heterocycles. The van der Waals surface area contributed by atoms with Crippen LogP contribution in [0.4, 0.5) is 0 Å².